The van der Waals surface area contributed by atoms with Crippen molar-refractivity contribution in [1.82, 2.24) is 0 Å². The molecule has 2 atom stereocenters. The summed E-state index contributed by atoms with van der Waals surface area (Å²) in [6.07, 6.45) is 3.84. The van der Waals surface area contributed by atoms with Crippen LogP contribution in [0.1, 0.15) is 38.2 Å². The van der Waals surface area contributed by atoms with Gasteiger partial charge in [-0.05, 0) is 43.4 Å². The molecule has 94 valence electrons. The van der Waals surface area contributed by atoms with E-state index in [1.807, 2.05) is 19.1 Å². The number of benzene rings is 1. The summed E-state index contributed by atoms with van der Waals surface area (Å²) in [5.41, 5.74) is 1.01. The van der Waals surface area contributed by atoms with Gasteiger partial charge in [-0.1, -0.05) is 31.9 Å². The summed E-state index contributed by atoms with van der Waals surface area (Å²) in [5.74, 6) is 0.535. The Balaban J connectivity index is 2.29. The molecule has 0 N–H and O–H groups in total. The van der Waals surface area contributed by atoms with Crippen LogP contribution in [0.25, 0.3) is 0 Å². The van der Waals surface area contributed by atoms with E-state index in [1.165, 1.54) is 6.42 Å². The molecule has 0 amide bonds. The lowest BCUT2D eigenvalue weighted by Crippen LogP contribution is -2.27. The fourth-order valence-corrected chi connectivity index (χ4v) is 4.71. The highest BCUT2D eigenvalue weighted by Gasteiger charge is 2.31. The molecule has 2 rings (SSSR count). The van der Waals surface area contributed by atoms with E-state index in [0.29, 0.717) is 10.8 Å². The Bertz CT molecular complexity index is 491. The Morgan fingerprint density at radius 2 is 2.00 bits per heavy atom. The number of rotatable bonds is 2. The maximum Gasteiger partial charge on any atom is 0.181 e. The van der Waals surface area contributed by atoms with E-state index in [4.69, 9.17) is 0 Å². The topological polar surface area (TPSA) is 34.1 Å². The van der Waals surface area contributed by atoms with E-state index in [9.17, 15) is 8.42 Å². The fourth-order valence-electron chi connectivity index (χ4n) is 2.65. The molecule has 2 nitrogen and oxygen atoms in total. The lowest BCUT2D eigenvalue weighted by atomic mass is 9.91. The normalized spacial score (nSPS) is 25.8. The molecule has 0 aliphatic heterocycles. The van der Waals surface area contributed by atoms with E-state index in [-0.39, 0.29) is 5.25 Å². The summed E-state index contributed by atoms with van der Waals surface area (Å²) in [7, 11) is -3.12. The van der Waals surface area contributed by atoms with Gasteiger partial charge < -0.3 is 0 Å². The van der Waals surface area contributed by atoms with Crippen molar-refractivity contribution in [2.45, 2.75) is 49.7 Å². The van der Waals surface area contributed by atoms with Gasteiger partial charge in [-0.2, -0.15) is 0 Å². The predicted octanol–water partition coefficient (Wildman–Crippen LogP) is 3.35. The second-order valence-electron chi connectivity index (χ2n) is 5.26. The zero-order valence-electron chi connectivity index (χ0n) is 10.5. The van der Waals surface area contributed by atoms with E-state index in [2.05, 4.69) is 6.92 Å². The Morgan fingerprint density at radius 3 is 2.65 bits per heavy atom. The van der Waals surface area contributed by atoms with Crippen molar-refractivity contribution in [2.75, 3.05) is 0 Å². The molecule has 3 heteroatoms. The number of hydrogen-bond acceptors (Lipinski definition) is 2. The average molecular weight is 252 g/mol. The number of hydrogen-bond donors (Lipinski definition) is 0. The van der Waals surface area contributed by atoms with Crippen molar-refractivity contribution in [3.63, 3.8) is 0 Å². The molecule has 1 aromatic carbocycles. The molecular weight excluding hydrogens is 232 g/mol. The van der Waals surface area contributed by atoms with Gasteiger partial charge in [-0.3, -0.25) is 0 Å². The molecule has 0 heterocycles. The maximum absolute atomic E-state index is 12.5. The molecule has 0 saturated heterocycles. The van der Waals surface area contributed by atoms with Crippen molar-refractivity contribution in [3.8, 4) is 0 Å². The Hall–Kier alpha value is -0.830. The van der Waals surface area contributed by atoms with Gasteiger partial charge in [0.1, 0.15) is 0 Å². The first-order chi connectivity index (χ1) is 8.00. The monoisotopic (exact) mass is 252 g/mol. The second-order valence-corrected chi connectivity index (χ2v) is 7.48. The highest BCUT2D eigenvalue weighted by molar-refractivity contribution is 7.92. The summed E-state index contributed by atoms with van der Waals surface area (Å²) < 4.78 is 25.0. The van der Waals surface area contributed by atoms with Crippen LogP contribution >= 0.6 is 0 Å². The van der Waals surface area contributed by atoms with Crippen molar-refractivity contribution in [1.29, 1.82) is 0 Å². The molecule has 0 aromatic heterocycles. The van der Waals surface area contributed by atoms with Gasteiger partial charge in [-0.15, -0.1) is 0 Å². The third-order valence-corrected chi connectivity index (χ3v) is 5.86. The summed E-state index contributed by atoms with van der Waals surface area (Å²) in [6.45, 7) is 4.08. The molecular formula is C14H20O2S. The molecule has 1 fully saturated rings. The molecule has 0 bridgehead atoms. The van der Waals surface area contributed by atoms with E-state index >= 15 is 0 Å². The lowest BCUT2D eigenvalue weighted by molar-refractivity contribution is 0.382. The van der Waals surface area contributed by atoms with Gasteiger partial charge in [0.2, 0.25) is 0 Å². The average Bonchev–Trinajstić information content (AvgIpc) is 2.29. The van der Waals surface area contributed by atoms with E-state index in [0.717, 1.165) is 24.8 Å². The van der Waals surface area contributed by atoms with Crippen molar-refractivity contribution >= 4 is 9.84 Å². The van der Waals surface area contributed by atoms with Gasteiger partial charge in [0.05, 0.1) is 10.1 Å². The van der Waals surface area contributed by atoms with Crippen LogP contribution in [0.5, 0.6) is 0 Å². The van der Waals surface area contributed by atoms with Gasteiger partial charge >= 0.3 is 0 Å². The van der Waals surface area contributed by atoms with Crippen LogP contribution < -0.4 is 0 Å². The van der Waals surface area contributed by atoms with Crippen LogP contribution in [0.4, 0.5) is 0 Å². The number of sulfone groups is 1. The zero-order chi connectivity index (χ0) is 12.5. The van der Waals surface area contributed by atoms with E-state index in [1.54, 1.807) is 12.1 Å². The summed E-state index contributed by atoms with van der Waals surface area (Å²) in [4.78, 5) is 0.497. The first-order valence-corrected chi connectivity index (χ1v) is 7.85. The van der Waals surface area contributed by atoms with Gasteiger partial charge in [0, 0.05) is 0 Å². The third kappa shape index (κ3) is 2.71. The first kappa shape index (κ1) is 12.6. The molecule has 0 radical (unpaired) electrons. The Kier molecular flexibility index (Phi) is 3.57. The van der Waals surface area contributed by atoms with Gasteiger partial charge in [0.25, 0.3) is 0 Å². The fraction of sp³-hybridized carbons (Fsp3) is 0.571. The molecule has 1 saturated carbocycles. The van der Waals surface area contributed by atoms with E-state index < -0.39 is 9.84 Å². The molecule has 2 unspecified atom stereocenters. The minimum Gasteiger partial charge on any atom is -0.223 e. The van der Waals surface area contributed by atoms with Crippen molar-refractivity contribution in [3.05, 3.63) is 29.8 Å². The molecule has 1 aliphatic rings. The minimum absolute atomic E-state index is 0.173. The Labute approximate surface area is 104 Å². The second kappa shape index (κ2) is 4.81. The van der Waals surface area contributed by atoms with Crippen LogP contribution in [0, 0.1) is 12.8 Å². The first-order valence-electron chi connectivity index (χ1n) is 6.30. The van der Waals surface area contributed by atoms with Crippen LogP contribution in [-0.4, -0.2) is 13.7 Å². The maximum atomic E-state index is 12.5. The lowest BCUT2D eigenvalue weighted by Gasteiger charge is -2.26. The third-order valence-electron chi connectivity index (χ3n) is 3.65. The highest BCUT2D eigenvalue weighted by atomic mass is 32.2. The number of aryl methyl sites for hydroxylation is 1. The predicted molar refractivity (Wildman–Crippen MR) is 69.8 cm³/mol. The zero-order valence-corrected chi connectivity index (χ0v) is 11.3. The smallest absolute Gasteiger partial charge is 0.181 e. The van der Waals surface area contributed by atoms with Crippen LogP contribution in [-0.2, 0) is 9.84 Å². The van der Waals surface area contributed by atoms with Crippen LogP contribution in [0.2, 0.25) is 0 Å². The molecule has 0 spiro atoms. The standard InChI is InChI=1S/C14H20O2S/c1-11-5-3-7-13(9-11)17(15,16)14-8-4-6-12(2)10-14/h3,5,7,9,12,14H,4,6,8,10H2,1-2H3. The van der Waals surface area contributed by atoms with Crippen molar-refractivity contribution < 1.29 is 8.42 Å². The summed E-state index contributed by atoms with van der Waals surface area (Å²) >= 11 is 0. The summed E-state index contributed by atoms with van der Waals surface area (Å²) in [6, 6.07) is 7.27. The van der Waals surface area contributed by atoms with Crippen molar-refractivity contribution in [2.24, 2.45) is 5.92 Å². The quantitative estimate of drug-likeness (QED) is 0.809. The molecule has 1 aliphatic carbocycles. The Morgan fingerprint density at radius 1 is 1.24 bits per heavy atom. The summed E-state index contributed by atoms with van der Waals surface area (Å²) in [5, 5.41) is -0.173. The highest BCUT2D eigenvalue weighted by Crippen LogP contribution is 2.31. The van der Waals surface area contributed by atoms with Crippen LogP contribution in [0.3, 0.4) is 0 Å². The van der Waals surface area contributed by atoms with Gasteiger partial charge in [-0.25, -0.2) is 8.42 Å². The van der Waals surface area contributed by atoms with Gasteiger partial charge in [0.15, 0.2) is 9.84 Å². The largest absolute Gasteiger partial charge is 0.223 e. The van der Waals surface area contributed by atoms with Crippen LogP contribution in [0.15, 0.2) is 29.2 Å². The minimum atomic E-state index is -3.12. The molecule has 17 heavy (non-hydrogen) atoms. The SMILES string of the molecule is Cc1cccc(S(=O)(=O)C2CCCC(C)C2)c1. The molecule has 1 aromatic rings.